The Hall–Kier alpha value is -3.39. The van der Waals surface area contributed by atoms with E-state index in [9.17, 15) is 4.79 Å². The quantitative estimate of drug-likeness (QED) is 0.425. The van der Waals surface area contributed by atoms with Gasteiger partial charge in [0.1, 0.15) is 18.2 Å². The maximum Gasteiger partial charge on any atom is 0.251 e. The largest absolute Gasteiger partial charge is 0.492 e. The third kappa shape index (κ3) is 6.68. The van der Waals surface area contributed by atoms with Crippen LogP contribution in [0.4, 0.5) is 11.8 Å². The number of benzene rings is 2. The second-order valence-electron chi connectivity index (χ2n) is 10.2. The molecule has 37 heavy (non-hydrogen) atoms. The average Bonchev–Trinajstić information content (AvgIpc) is 2.95. The summed E-state index contributed by atoms with van der Waals surface area (Å²) in [5.41, 5.74) is 1.58. The van der Waals surface area contributed by atoms with Gasteiger partial charge in [-0.15, -0.1) is 0 Å². The maximum atomic E-state index is 12.7. The number of nitrogens with zero attached hydrogens (tertiary/aromatic N) is 4. The van der Waals surface area contributed by atoms with Crippen molar-refractivity contribution in [1.82, 2.24) is 20.2 Å². The first-order chi connectivity index (χ1) is 18.2. The monoisotopic (exact) mass is 502 g/mol. The minimum atomic E-state index is -0.0415. The molecule has 0 bridgehead atoms. The number of likely N-dealkylation sites (tertiary alicyclic amines) is 1. The van der Waals surface area contributed by atoms with E-state index in [-0.39, 0.29) is 5.91 Å². The molecule has 5 rings (SSSR count). The number of anilines is 2. The zero-order chi connectivity index (χ0) is 25.5. The van der Waals surface area contributed by atoms with Crippen LogP contribution < -0.4 is 20.3 Å². The zero-order valence-electron chi connectivity index (χ0n) is 21.8. The van der Waals surface area contributed by atoms with Gasteiger partial charge in [-0.2, -0.15) is 4.98 Å². The number of amides is 1. The number of piperidine rings is 2. The van der Waals surface area contributed by atoms with Crippen LogP contribution >= 0.6 is 0 Å². The summed E-state index contributed by atoms with van der Waals surface area (Å²) < 4.78 is 5.98. The van der Waals surface area contributed by atoms with Crippen molar-refractivity contribution in [2.75, 3.05) is 63.1 Å². The first kappa shape index (κ1) is 25.3. The van der Waals surface area contributed by atoms with Crippen molar-refractivity contribution >= 4 is 28.6 Å². The number of fused-ring (bicyclic) bond motifs is 1. The van der Waals surface area contributed by atoms with E-state index in [1.165, 1.54) is 19.3 Å². The lowest BCUT2D eigenvalue weighted by Crippen LogP contribution is -2.36. The SMILES string of the molecule is CN1CCC(CNC(=O)c2cccc(OCCNc3nc(N4CCCCC4)nc4ccccc34)c2)CC1. The Bertz CT molecular complexity index is 1190. The molecule has 0 saturated carbocycles. The number of ether oxygens (including phenoxy) is 1. The van der Waals surface area contributed by atoms with Gasteiger partial charge in [-0.05, 0) is 88.5 Å². The van der Waals surface area contributed by atoms with Crippen LogP contribution in [0.3, 0.4) is 0 Å². The molecule has 1 amide bonds. The lowest BCUT2D eigenvalue weighted by molar-refractivity contribution is 0.0938. The highest BCUT2D eigenvalue weighted by Crippen LogP contribution is 2.25. The summed E-state index contributed by atoms with van der Waals surface area (Å²) in [5, 5.41) is 7.56. The van der Waals surface area contributed by atoms with E-state index >= 15 is 0 Å². The fraction of sp³-hybridized carbons (Fsp3) is 0.483. The van der Waals surface area contributed by atoms with Gasteiger partial charge in [0.05, 0.1) is 12.1 Å². The lowest BCUT2D eigenvalue weighted by atomic mass is 9.97. The number of aromatic nitrogens is 2. The Labute approximate surface area is 219 Å². The number of para-hydroxylation sites is 1. The molecule has 2 saturated heterocycles. The summed E-state index contributed by atoms with van der Waals surface area (Å²) in [6.07, 6.45) is 5.90. The number of nitrogens with one attached hydrogen (secondary N) is 2. The third-order valence-corrected chi connectivity index (χ3v) is 7.38. The number of carbonyl (C=O) groups is 1. The minimum Gasteiger partial charge on any atom is -0.492 e. The van der Waals surface area contributed by atoms with Crippen LogP contribution in [0.2, 0.25) is 0 Å². The molecule has 0 unspecified atom stereocenters. The molecule has 2 aromatic carbocycles. The van der Waals surface area contributed by atoms with Crippen LogP contribution in [0.15, 0.2) is 48.5 Å². The number of hydrogen-bond acceptors (Lipinski definition) is 7. The molecule has 3 heterocycles. The number of hydrogen-bond donors (Lipinski definition) is 2. The molecule has 8 heteroatoms. The van der Waals surface area contributed by atoms with Gasteiger partial charge >= 0.3 is 0 Å². The van der Waals surface area contributed by atoms with Crippen molar-refractivity contribution in [1.29, 1.82) is 0 Å². The lowest BCUT2D eigenvalue weighted by Gasteiger charge is -2.28. The van der Waals surface area contributed by atoms with Crippen LogP contribution in [0.5, 0.6) is 5.75 Å². The molecule has 196 valence electrons. The molecule has 0 spiro atoms. The summed E-state index contributed by atoms with van der Waals surface area (Å²) in [6.45, 7) is 5.98. The Morgan fingerprint density at radius 1 is 1.00 bits per heavy atom. The van der Waals surface area contributed by atoms with Crippen molar-refractivity contribution < 1.29 is 9.53 Å². The third-order valence-electron chi connectivity index (χ3n) is 7.38. The minimum absolute atomic E-state index is 0.0415. The highest BCUT2D eigenvalue weighted by atomic mass is 16.5. The molecular weight excluding hydrogens is 464 g/mol. The van der Waals surface area contributed by atoms with Gasteiger partial charge < -0.3 is 25.2 Å². The van der Waals surface area contributed by atoms with Crippen LogP contribution in [0, 0.1) is 5.92 Å². The van der Waals surface area contributed by atoms with Crippen molar-refractivity contribution in [3.8, 4) is 5.75 Å². The van der Waals surface area contributed by atoms with Crippen LogP contribution in [0.25, 0.3) is 10.9 Å². The molecule has 0 aliphatic carbocycles. The van der Waals surface area contributed by atoms with Crippen LogP contribution in [-0.2, 0) is 0 Å². The Kier molecular flexibility index (Phi) is 8.35. The van der Waals surface area contributed by atoms with Crippen LogP contribution in [-0.4, -0.2) is 73.7 Å². The Balaban J connectivity index is 1.15. The Morgan fingerprint density at radius 2 is 1.81 bits per heavy atom. The summed E-state index contributed by atoms with van der Waals surface area (Å²) in [7, 11) is 2.15. The topological polar surface area (TPSA) is 82.6 Å². The zero-order valence-corrected chi connectivity index (χ0v) is 21.8. The Morgan fingerprint density at radius 3 is 2.65 bits per heavy atom. The molecule has 1 aromatic heterocycles. The second-order valence-corrected chi connectivity index (χ2v) is 10.2. The molecule has 3 aromatic rings. The van der Waals surface area contributed by atoms with E-state index in [1.807, 2.05) is 48.5 Å². The molecule has 0 atom stereocenters. The van der Waals surface area contributed by atoms with E-state index in [2.05, 4.69) is 27.5 Å². The molecule has 0 radical (unpaired) electrons. The molecule has 2 fully saturated rings. The van der Waals surface area contributed by atoms with Gasteiger partial charge in [0, 0.05) is 30.6 Å². The number of carbonyl (C=O) groups excluding carboxylic acids is 1. The first-order valence-corrected chi connectivity index (χ1v) is 13.6. The second kappa shape index (κ2) is 12.2. The van der Waals surface area contributed by atoms with Crippen LogP contribution in [0.1, 0.15) is 42.5 Å². The molecule has 2 aliphatic heterocycles. The predicted octanol–water partition coefficient (Wildman–Crippen LogP) is 4.18. The molecule has 2 aliphatic rings. The summed E-state index contributed by atoms with van der Waals surface area (Å²) in [6, 6.07) is 15.5. The molecular formula is C29H38N6O2. The summed E-state index contributed by atoms with van der Waals surface area (Å²) in [5.74, 6) is 2.83. The normalized spacial score (nSPS) is 17.1. The molecule has 2 N–H and O–H groups in total. The van der Waals surface area contributed by atoms with Crippen molar-refractivity contribution in [2.45, 2.75) is 32.1 Å². The van der Waals surface area contributed by atoms with Gasteiger partial charge in [0.2, 0.25) is 5.95 Å². The summed E-state index contributed by atoms with van der Waals surface area (Å²) >= 11 is 0. The van der Waals surface area contributed by atoms with Crippen molar-refractivity contribution in [3.05, 3.63) is 54.1 Å². The van der Waals surface area contributed by atoms with E-state index in [4.69, 9.17) is 14.7 Å². The highest BCUT2D eigenvalue weighted by Gasteiger charge is 2.18. The molecule has 8 nitrogen and oxygen atoms in total. The van der Waals surface area contributed by atoms with Gasteiger partial charge in [-0.3, -0.25) is 4.79 Å². The predicted molar refractivity (Wildman–Crippen MR) is 149 cm³/mol. The van der Waals surface area contributed by atoms with Gasteiger partial charge in [-0.1, -0.05) is 18.2 Å². The van der Waals surface area contributed by atoms with E-state index in [1.54, 1.807) is 0 Å². The van der Waals surface area contributed by atoms with Crippen molar-refractivity contribution in [3.63, 3.8) is 0 Å². The maximum absolute atomic E-state index is 12.7. The van der Waals surface area contributed by atoms with E-state index < -0.39 is 0 Å². The fourth-order valence-electron chi connectivity index (χ4n) is 5.11. The van der Waals surface area contributed by atoms with Gasteiger partial charge in [0.15, 0.2) is 0 Å². The first-order valence-electron chi connectivity index (χ1n) is 13.6. The standard InChI is InChI=1S/C29H38N6O2/c1-34-17-12-22(13-18-34)21-31-28(36)23-8-7-9-24(20-23)37-19-14-30-27-25-10-3-4-11-26(25)32-29(33-27)35-15-5-2-6-16-35/h3-4,7-11,20,22H,2,5-6,12-19,21H2,1H3,(H,31,36)(H,30,32,33). The van der Waals surface area contributed by atoms with Gasteiger partial charge in [-0.25, -0.2) is 4.98 Å². The smallest absolute Gasteiger partial charge is 0.251 e. The van der Waals surface area contributed by atoms with Crippen molar-refractivity contribution in [2.24, 2.45) is 5.92 Å². The van der Waals surface area contributed by atoms with E-state index in [0.717, 1.165) is 68.2 Å². The highest BCUT2D eigenvalue weighted by molar-refractivity contribution is 5.94. The van der Waals surface area contributed by atoms with Gasteiger partial charge in [0.25, 0.3) is 5.91 Å². The van der Waals surface area contributed by atoms with E-state index in [0.29, 0.717) is 30.4 Å². The average molecular weight is 503 g/mol. The summed E-state index contributed by atoms with van der Waals surface area (Å²) in [4.78, 5) is 27.0. The number of rotatable bonds is 9. The fourth-order valence-corrected chi connectivity index (χ4v) is 5.11.